The summed E-state index contributed by atoms with van der Waals surface area (Å²) in [6.45, 7) is 4.33. The number of benzene rings is 1. The van der Waals surface area contributed by atoms with Crippen molar-refractivity contribution < 1.29 is 13.7 Å². The fraction of sp³-hybridized carbons (Fsp3) is 0.500. The number of carbonyl (C=O) groups excluding carboxylic acids is 1. The molecule has 2 heterocycles. The molecule has 0 aliphatic carbocycles. The highest BCUT2D eigenvalue weighted by Gasteiger charge is 2.38. The summed E-state index contributed by atoms with van der Waals surface area (Å²) < 4.78 is 18.5. The molecule has 0 N–H and O–H groups in total. The Morgan fingerprint density at radius 3 is 2.76 bits per heavy atom. The van der Waals surface area contributed by atoms with Crippen molar-refractivity contribution in [3.05, 3.63) is 36.0 Å². The van der Waals surface area contributed by atoms with Gasteiger partial charge in [-0.25, -0.2) is 4.39 Å². The van der Waals surface area contributed by atoms with Gasteiger partial charge in [0, 0.05) is 18.0 Å². The van der Waals surface area contributed by atoms with Gasteiger partial charge in [0.2, 0.25) is 17.6 Å². The highest BCUT2D eigenvalue weighted by atomic mass is 35.5. The second-order valence-corrected chi connectivity index (χ2v) is 7.26. The lowest BCUT2D eigenvalue weighted by Gasteiger charge is -2.38. The minimum absolute atomic E-state index is 0.00580. The molecule has 1 aromatic heterocycles. The standard InChI is InChI=1S/C18H21ClFN3O2/c1-18(2,11-19)17(24)23-10-4-3-5-14(23)16-21-15(22-25-16)12-6-8-13(20)9-7-12/h6-9,14H,3-5,10-11H2,1-2H3. The van der Waals surface area contributed by atoms with Crippen molar-refractivity contribution in [3.63, 3.8) is 0 Å². The Kier molecular flexibility index (Phi) is 5.08. The van der Waals surface area contributed by atoms with Gasteiger partial charge in [-0.1, -0.05) is 5.16 Å². The molecule has 7 heteroatoms. The lowest BCUT2D eigenvalue weighted by Crippen LogP contribution is -2.46. The van der Waals surface area contributed by atoms with Crippen LogP contribution in [0.1, 0.15) is 45.0 Å². The summed E-state index contributed by atoms with van der Waals surface area (Å²) in [5, 5.41) is 3.99. The number of alkyl halides is 1. The van der Waals surface area contributed by atoms with Crippen LogP contribution >= 0.6 is 11.6 Å². The Hall–Kier alpha value is -1.95. The zero-order valence-electron chi connectivity index (χ0n) is 14.3. The van der Waals surface area contributed by atoms with Gasteiger partial charge in [-0.3, -0.25) is 4.79 Å². The third-order valence-electron chi connectivity index (χ3n) is 4.51. The SMILES string of the molecule is CC(C)(CCl)C(=O)N1CCCCC1c1nc(-c2ccc(F)cc2)no1. The molecule has 1 amide bonds. The van der Waals surface area contributed by atoms with Gasteiger partial charge in [-0.2, -0.15) is 4.98 Å². The molecule has 5 nitrogen and oxygen atoms in total. The molecule has 134 valence electrons. The van der Waals surface area contributed by atoms with Crippen LogP contribution in [-0.4, -0.2) is 33.4 Å². The maximum atomic E-state index is 13.1. The maximum absolute atomic E-state index is 13.1. The molecule has 1 saturated heterocycles. The first-order chi connectivity index (χ1) is 11.9. The number of nitrogens with zero attached hydrogens (tertiary/aromatic N) is 3. The minimum atomic E-state index is -0.642. The molecule has 0 saturated carbocycles. The first-order valence-corrected chi connectivity index (χ1v) is 8.92. The molecule has 0 spiro atoms. The van der Waals surface area contributed by atoms with Gasteiger partial charge in [0.05, 0.1) is 5.41 Å². The highest BCUT2D eigenvalue weighted by molar-refractivity contribution is 6.19. The number of amides is 1. The summed E-state index contributed by atoms with van der Waals surface area (Å²) in [6.07, 6.45) is 2.71. The molecule has 25 heavy (non-hydrogen) atoms. The van der Waals surface area contributed by atoms with Crippen molar-refractivity contribution >= 4 is 17.5 Å². The van der Waals surface area contributed by atoms with Crippen LogP contribution in [-0.2, 0) is 4.79 Å². The van der Waals surface area contributed by atoms with E-state index in [1.54, 1.807) is 17.0 Å². The normalized spacial score (nSPS) is 18.4. The van der Waals surface area contributed by atoms with Gasteiger partial charge in [-0.15, -0.1) is 11.6 Å². The van der Waals surface area contributed by atoms with Gasteiger partial charge < -0.3 is 9.42 Å². The van der Waals surface area contributed by atoms with E-state index in [-0.39, 0.29) is 23.6 Å². The lowest BCUT2D eigenvalue weighted by atomic mass is 9.91. The number of piperidine rings is 1. The smallest absolute Gasteiger partial charge is 0.249 e. The van der Waals surface area contributed by atoms with Crippen molar-refractivity contribution in [1.29, 1.82) is 0 Å². The second-order valence-electron chi connectivity index (χ2n) is 6.99. The Morgan fingerprint density at radius 1 is 1.36 bits per heavy atom. The summed E-state index contributed by atoms with van der Waals surface area (Å²) in [5.41, 5.74) is 0.0305. The highest BCUT2D eigenvalue weighted by Crippen LogP contribution is 2.34. The van der Waals surface area contributed by atoms with E-state index >= 15 is 0 Å². The number of hydrogen-bond donors (Lipinski definition) is 0. The fourth-order valence-electron chi connectivity index (χ4n) is 2.96. The van der Waals surface area contributed by atoms with Gasteiger partial charge in [0.15, 0.2) is 0 Å². The Morgan fingerprint density at radius 2 is 2.08 bits per heavy atom. The van der Waals surface area contributed by atoms with Gasteiger partial charge >= 0.3 is 0 Å². The third-order valence-corrected chi connectivity index (χ3v) is 5.17. The van der Waals surface area contributed by atoms with E-state index in [4.69, 9.17) is 16.1 Å². The van der Waals surface area contributed by atoms with Crippen molar-refractivity contribution in [2.24, 2.45) is 5.41 Å². The molecule has 1 atom stereocenters. The fourth-order valence-corrected chi connectivity index (χ4v) is 3.08. The van der Waals surface area contributed by atoms with E-state index in [0.29, 0.717) is 23.8 Å². The molecule has 1 fully saturated rings. The Bertz CT molecular complexity index is 745. The average molecular weight is 366 g/mol. The van der Waals surface area contributed by atoms with E-state index in [9.17, 15) is 9.18 Å². The molecule has 3 rings (SSSR count). The molecule has 2 aromatic rings. The molecule has 0 bridgehead atoms. The van der Waals surface area contributed by atoms with Crippen LogP contribution in [0.4, 0.5) is 4.39 Å². The van der Waals surface area contributed by atoms with Crippen LogP contribution in [0, 0.1) is 11.2 Å². The molecule has 0 radical (unpaired) electrons. The molecular weight excluding hydrogens is 345 g/mol. The molecule has 1 unspecified atom stereocenters. The van der Waals surface area contributed by atoms with Crippen molar-refractivity contribution in [3.8, 4) is 11.4 Å². The van der Waals surface area contributed by atoms with Crippen molar-refractivity contribution in [2.75, 3.05) is 12.4 Å². The summed E-state index contributed by atoms with van der Waals surface area (Å²) in [6, 6.07) is 5.66. The summed E-state index contributed by atoms with van der Waals surface area (Å²) >= 11 is 5.97. The summed E-state index contributed by atoms with van der Waals surface area (Å²) in [4.78, 5) is 19.1. The predicted octanol–water partition coefficient (Wildman–Crippen LogP) is 4.19. The maximum Gasteiger partial charge on any atom is 0.249 e. The minimum Gasteiger partial charge on any atom is -0.337 e. The monoisotopic (exact) mass is 365 g/mol. The summed E-state index contributed by atoms with van der Waals surface area (Å²) in [5.74, 6) is 0.732. The van der Waals surface area contributed by atoms with Crippen LogP contribution < -0.4 is 0 Å². The zero-order chi connectivity index (χ0) is 18.0. The van der Waals surface area contributed by atoms with E-state index < -0.39 is 5.41 Å². The van der Waals surface area contributed by atoms with E-state index in [1.165, 1.54) is 12.1 Å². The largest absolute Gasteiger partial charge is 0.337 e. The second kappa shape index (κ2) is 7.12. The Labute approximate surface area is 151 Å². The van der Waals surface area contributed by atoms with Gasteiger partial charge in [-0.05, 0) is 57.4 Å². The molecule has 1 aromatic carbocycles. The predicted molar refractivity (Wildman–Crippen MR) is 92.5 cm³/mol. The zero-order valence-corrected chi connectivity index (χ0v) is 15.1. The van der Waals surface area contributed by atoms with Crippen molar-refractivity contribution in [2.45, 2.75) is 39.2 Å². The van der Waals surface area contributed by atoms with Gasteiger partial charge in [0.25, 0.3) is 0 Å². The number of aromatic nitrogens is 2. The first kappa shape index (κ1) is 17.9. The number of carbonyl (C=O) groups is 1. The van der Waals surface area contributed by atoms with Crippen LogP contribution in [0.5, 0.6) is 0 Å². The van der Waals surface area contributed by atoms with Crippen LogP contribution in [0.2, 0.25) is 0 Å². The average Bonchev–Trinajstić information content (AvgIpc) is 3.11. The third kappa shape index (κ3) is 3.68. The number of likely N-dealkylation sites (tertiary alicyclic amines) is 1. The van der Waals surface area contributed by atoms with Crippen molar-refractivity contribution in [1.82, 2.24) is 15.0 Å². The molecule has 1 aliphatic rings. The van der Waals surface area contributed by atoms with Gasteiger partial charge in [0.1, 0.15) is 11.9 Å². The topological polar surface area (TPSA) is 59.2 Å². The van der Waals surface area contributed by atoms with E-state index in [0.717, 1.165) is 19.3 Å². The van der Waals surface area contributed by atoms with Crippen LogP contribution in [0.3, 0.4) is 0 Å². The van der Waals surface area contributed by atoms with E-state index in [2.05, 4.69) is 10.1 Å². The lowest BCUT2D eigenvalue weighted by molar-refractivity contribution is -0.144. The van der Waals surface area contributed by atoms with Crippen LogP contribution in [0.15, 0.2) is 28.8 Å². The number of rotatable bonds is 4. The Balaban J connectivity index is 1.86. The summed E-state index contributed by atoms with van der Waals surface area (Å²) in [7, 11) is 0. The van der Waals surface area contributed by atoms with E-state index in [1.807, 2.05) is 13.8 Å². The van der Waals surface area contributed by atoms with Crippen LogP contribution in [0.25, 0.3) is 11.4 Å². The molecular formula is C18H21ClFN3O2. The number of hydrogen-bond acceptors (Lipinski definition) is 4. The quantitative estimate of drug-likeness (QED) is 0.762. The number of halogens is 2. The first-order valence-electron chi connectivity index (χ1n) is 8.39. The molecule has 1 aliphatic heterocycles.